The largest absolute Gasteiger partial charge is 0.284 e. The summed E-state index contributed by atoms with van der Waals surface area (Å²) in [4.78, 5) is 14.5. The van der Waals surface area contributed by atoms with Crippen LogP contribution < -0.4 is 0 Å². The van der Waals surface area contributed by atoms with Crippen LogP contribution in [0.25, 0.3) is 0 Å². The molecule has 1 heterocycles. The lowest BCUT2D eigenvalue weighted by Crippen LogP contribution is -2.31. The Hall–Kier alpha value is -2.47. The highest BCUT2D eigenvalue weighted by atomic mass is 32.2. The lowest BCUT2D eigenvalue weighted by atomic mass is 10.1. The second-order valence-corrected chi connectivity index (χ2v) is 8.10. The Morgan fingerprint density at radius 2 is 1.93 bits per heavy atom. The first-order valence-electron chi connectivity index (χ1n) is 9.38. The lowest BCUT2D eigenvalue weighted by Gasteiger charge is -2.15. The molecule has 0 aromatic heterocycles. The Balaban J connectivity index is 1.82. The first-order valence-corrected chi connectivity index (χ1v) is 10.3. The van der Waals surface area contributed by atoms with Crippen LogP contribution in [-0.4, -0.2) is 27.4 Å². The van der Waals surface area contributed by atoms with Crippen LogP contribution in [0.2, 0.25) is 0 Å². The highest BCUT2D eigenvalue weighted by Gasteiger charge is 2.37. The van der Waals surface area contributed by atoms with Crippen molar-refractivity contribution in [1.29, 1.82) is 0 Å². The van der Waals surface area contributed by atoms with Gasteiger partial charge in [0.1, 0.15) is 5.82 Å². The Morgan fingerprint density at radius 1 is 1.18 bits per heavy atom. The van der Waals surface area contributed by atoms with Crippen molar-refractivity contribution in [3.8, 4) is 0 Å². The second-order valence-electron chi connectivity index (χ2n) is 6.93. The molecule has 6 heteroatoms. The van der Waals surface area contributed by atoms with Gasteiger partial charge in [-0.15, -0.1) is 5.10 Å². The Bertz CT molecular complexity index is 908. The number of rotatable bonds is 6. The Morgan fingerprint density at radius 3 is 2.61 bits per heavy atom. The van der Waals surface area contributed by atoms with Gasteiger partial charge in [-0.3, -0.25) is 9.69 Å². The van der Waals surface area contributed by atoms with E-state index in [4.69, 9.17) is 0 Å². The minimum Gasteiger partial charge on any atom is -0.284 e. The van der Waals surface area contributed by atoms with Crippen molar-refractivity contribution in [2.45, 2.75) is 45.4 Å². The monoisotopic (exact) mass is 397 g/mol. The first-order chi connectivity index (χ1) is 13.5. The van der Waals surface area contributed by atoms with E-state index < -0.39 is 0 Å². The SMILES string of the molecule is CCC[C@@H]1S/C(=N/N=C\c2ccc(C)cc2C)N(Cc2ccc(F)cc2)C1=O. The van der Waals surface area contributed by atoms with Crippen LogP contribution in [0.15, 0.2) is 52.7 Å². The minimum atomic E-state index is -0.290. The summed E-state index contributed by atoms with van der Waals surface area (Å²) in [5.74, 6) is -0.252. The number of carbonyl (C=O) groups is 1. The lowest BCUT2D eigenvalue weighted by molar-refractivity contribution is -0.126. The summed E-state index contributed by atoms with van der Waals surface area (Å²) in [6, 6.07) is 12.3. The van der Waals surface area contributed by atoms with Gasteiger partial charge in [0, 0.05) is 0 Å². The smallest absolute Gasteiger partial charge is 0.242 e. The molecule has 1 fully saturated rings. The van der Waals surface area contributed by atoms with Crippen molar-refractivity contribution in [2.24, 2.45) is 10.2 Å². The zero-order valence-electron chi connectivity index (χ0n) is 16.4. The summed E-state index contributed by atoms with van der Waals surface area (Å²) >= 11 is 1.45. The number of carbonyl (C=O) groups excluding carboxylic acids is 1. The van der Waals surface area contributed by atoms with Crippen LogP contribution in [0.4, 0.5) is 4.39 Å². The van der Waals surface area contributed by atoms with Crippen LogP contribution in [0.3, 0.4) is 0 Å². The second kappa shape index (κ2) is 9.15. The third kappa shape index (κ3) is 4.87. The normalized spacial score (nSPS) is 18.6. The molecule has 2 aromatic carbocycles. The van der Waals surface area contributed by atoms with Crippen molar-refractivity contribution in [2.75, 3.05) is 0 Å². The number of benzene rings is 2. The van der Waals surface area contributed by atoms with Crippen LogP contribution >= 0.6 is 11.8 Å². The summed E-state index contributed by atoms with van der Waals surface area (Å²) in [5, 5.41) is 9.03. The molecule has 146 valence electrons. The van der Waals surface area contributed by atoms with E-state index in [0.29, 0.717) is 11.7 Å². The molecule has 0 spiro atoms. The molecule has 2 aromatic rings. The van der Waals surface area contributed by atoms with Crippen LogP contribution in [0.5, 0.6) is 0 Å². The summed E-state index contributed by atoms with van der Waals surface area (Å²) in [6.45, 7) is 6.51. The third-order valence-electron chi connectivity index (χ3n) is 4.59. The average Bonchev–Trinajstić information content (AvgIpc) is 2.95. The number of nitrogens with zero attached hydrogens (tertiary/aromatic N) is 3. The number of thioether (sulfide) groups is 1. The third-order valence-corrected chi connectivity index (χ3v) is 5.82. The van der Waals surface area contributed by atoms with Crippen molar-refractivity contribution in [1.82, 2.24) is 4.90 Å². The van der Waals surface area contributed by atoms with E-state index in [1.807, 2.05) is 19.1 Å². The summed E-state index contributed by atoms with van der Waals surface area (Å²) in [7, 11) is 0. The van der Waals surface area contributed by atoms with Gasteiger partial charge in [0.05, 0.1) is 18.0 Å². The molecular formula is C22H24FN3OS. The molecule has 0 bridgehead atoms. The standard InChI is InChI=1S/C22H24FN3OS/c1-4-5-20-21(27)26(14-17-7-10-19(23)11-8-17)22(28-20)25-24-13-18-9-6-15(2)12-16(18)3/h6-13,20H,4-5,14H2,1-3H3/b24-13-,25-22+/t20-/m0/s1. The van der Waals surface area contributed by atoms with Gasteiger partial charge in [-0.05, 0) is 49.1 Å². The van der Waals surface area contributed by atoms with Crippen molar-refractivity contribution < 1.29 is 9.18 Å². The zero-order valence-corrected chi connectivity index (χ0v) is 17.2. The van der Waals surface area contributed by atoms with E-state index >= 15 is 0 Å². The van der Waals surface area contributed by atoms with E-state index in [-0.39, 0.29) is 17.0 Å². The minimum absolute atomic E-state index is 0.0386. The number of aryl methyl sites for hydroxylation is 2. The highest BCUT2D eigenvalue weighted by Crippen LogP contribution is 2.31. The van der Waals surface area contributed by atoms with Gasteiger partial charge in [-0.25, -0.2) is 4.39 Å². The maximum atomic E-state index is 13.2. The first kappa shape index (κ1) is 20.3. The molecule has 1 saturated heterocycles. The van der Waals surface area contributed by atoms with Gasteiger partial charge >= 0.3 is 0 Å². The summed E-state index contributed by atoms with van der Waals surface area (Å²) in [6.07, 6.45) is 3.44. The highest BCUT2D eigenvalue weighted by molar-refractivity contribution is 8.15. The maximum Gasteiger partial charge on any atom is 0.242 e. The van der Waals surface area contributed by atoms with Crippen LogP contribution in [0, 0.1) is 19.7 Å². The topological polar surface area (TPSA) is 45.0 Å². The fourth-order valence-electron chi connectivity index (χ4n) is 3.06. The van der Waals surface area contributed by atoms with Gasteiger partial charge in [-0.1, -0.05) is 61.0 Å². The quantitative estimate of drug-likeness (QED) is 0.504. The predicted octanol–water partition coefficient (Wildman–Crippen LogP) is 5.08. The molecular weight excluding hydrogens is 373 g/mol. The van der Waals surface area contributed by atoms with Gasteiger partial charge in [0.2, 0.25) is 5.91 Å². The molecule has 28 heavy (non-hydrogen) atoms. The predicted molar refractivity (Wildman–Crippen MR) is 114 cm³/mol. The van der Waals surface area contributed by atoms with Crippen LogP contribution in [-0.2, 0) is 11.3 Å². The molecule has 0 saturated carbocycles. The molecule has 1 aliphatic rings. The van der Waals surface area contributed by atoms with E-state index in [9.17, 15) is 9.18 Å². The fraction of sp³-hybridized carbons (Fsp3) is 0.318. The summed E-state index contributed by atoms with van der Waals surface area (Å²) in [5.41, 5.74) is 4.19. The van der Waals surface area contributed by atoms with Crippen molar-refractivity contribution in [3.63, 3.8) is 0 Å². The number of halogens is 1. The van der Waals surface area contributed by atoms with Crippen molar-refractivity contribution in [3.05, 3.63) is 70.5 Å². The van der Waals surface area contributed by atoms with Gasteiger partial charge in [0.15, 0.2) is 5.17 Å². The fourth-order valence-corrected chi connectivity index (χ4v) is 4.27. The van der Waals surface area contributed by atoms with E-state index in [1.54, 1.807) is 23.2 Å². The Labute approximate surface area is 169 Å². The molecule has 1 aliphatic heterocycles. The Kier molecular flexibility index (Phi) is 6.62. The van der Waals surface area contributed by atoms with Gasteiger partial charge < -0.3 is 0 Å². The molecule has 0 unspecified atom stereocenters. The maximum absolute atomic E-state index is 13.2. The zero-order chi connectivity index (χ0) is 20.1. The molecule has 0 N–H and O–H groups in total. The molecule has 4 nitrogen and oxygen atoms in total. The number of amidine groups is 1. The number of hydrogen-bond acceptors (Lipinski definition) is 4. The average molecular weight is 398 g/mol. The molecule has 1 atom stereocenters. The van der Waals surface area contributed by atoms with Gasteiger partial charge in [0.25, 0.3) is 0 Å². The van der Waals surface area contributed by atoms with Gasteiger partial charge in [-0.2, -0.15) is 5.10 Å². The molecule has 0 aliphatic carbocycles. The van der Waals surface area contributed by atoms with E-state index in [2.05, 4.69) is 30.1 Å². The van der Waals surface area contributed by atoms with E-state index in [0.717, 1.165) is 29.5 Å². The molecule has 0 radical (unpaired) electrons. The summed E-state index contributed by atoms with van der Waals surface area (Å²) < 4.78 is 13.2. The molecule has 3 rings (SSSR count). The van der Waals surface area contributed by atoms with E-state index in [1.165, 1.54) is 29.5 Å². The molecule has 1 amide bonds. The van der Waals surface area contributed by atoms with Crippen molar-refractivity contribution >= 4 is 29.1 Å². The number of amides is 1. The number of hydrogen-bond donors (Lipinski definition) is 0. The van der Waals surface area contributed by atoms with Crippen LogP contribution in [0.1, 0.15) is 42.0 Å².